The third-order valence-corrected chi connectivity index (χ3v) is 8.41. The predicted octanol–water partition coefficient (Wildman–Crippen LogP) is 5.61. The minimum Gasteiger partial charge on any atom is -0.491 e. The number of carboxylic acid groups (broad SMARTS) is 1. The molecule has 0 fully saturated rings. The van der Waals surface area contributed by atoms with Crippen molar-refractivity contribution in [2.45, 2.75) is 32.2 Å². The molecule has 0 saturated carbocycles. The number of aryl methyl sites for hydroxylation is 1. The highest BCUT2D eigenvalue weighted by Gasteiger charge is 2.19. The summed E-state index contributed by atoms with van der Waals surface area (Å²) in [6.07, 6.45) is 2.17. The number of fused-ring (bicyclic) bond motifs is 1. The van der Waals surface area contributed by atoms with Gasteiger partial charge in [0, 0.05) is 30.6 Å². The Morgan fingerprint density at radius 2 is 1.49 bits per heavy atom. The molecular weight excluding hydrogens is 734 g/mol. The number of azide groups is 1. The van der Waals surface area contributed by atoms with Crippen LogP contribution in [-0.2, 0) is 33.3 Å². The third-order valence-electron chi connectivity index (χ3n) is 8.41. The summed E-state index contributed by atoms with van der Waals surface area (Å²) in [5.74, 6) is -0.367. The van der Waals surface area contributed by atoms with Gasteiger partial charge in [-0.3, -0.25) is 14.4 Å². The molecule has 57 heavy (non-hydrogen) atoms. The molecule has 0 spiro atoms. The van der Waals surface area contributed by atoms with Crippen LogP contribution in [0, 0.1) is 6.92 Å². The van der Waals surface area contributed by atoms with Crippen LogP contribution in [0.2, 0.25) is 0 Å². The van der Waals surface area contributed by atoms with Crippen LogP contribution in [-0.4, -0.2) is 107 Å². The van der Waals surface area contributed by atoms with Gasteiger partial charge in [0.1, 0.15) is 18.2 Å². The number of hydrogen-bond donors (Lipinski definition) is 4. The fraction of sp³-hybridized carbons (Fsp3) is 0.415. The quantitative estimate of drug-likeness (QED) is 0.0240. The van der Waals surface area contributed by atoms with Gasteiger partial charge in [0.2, 0.25) is 11.8 Å². The molecule has 4 aromatic rings. The van der Waals surface area contributed by atoms with Gasteiger partial charge in [-0.15, -0.1) is 0 Å². The van der Waals surface area contributed by atoms with E-state index in [4.69, 9.17) is 29.2 Å². The van der Waals surface area contributed by atoms with Crippen LogP contribution in [0.25, 0.3) is 32.3 Å². The standard InChI is InChI=1S/C41H51N7O9/c1-30-11-13-44-38(24-30)43-12-3-6-39(49)45-29-40(50)47-37(28-41(51)52)35-5-2-4-31(26-35)32-7-8-34-27-36(10-9-33(34)25-32)57-23-22-56-21-20-55-19-18-54-17-16-53-15-14-46-48-42/h2,4-5,7-11,13,24-27,37H,3,6,12,14-23,28-29H2,1H3,(H,43,44)(H,45,49)(H,47,50)(H,51,52)/t37-/m0/s1. The van der Waals surface area contributed by atoms with Crippen molar-refractivity contribution in [1.82, 2.24) is 15.6 Å². The van der Waals surface area contributed by atoms with Gasteiger partial charge in [0.25, 0.3) is 0 Å². The van der Waals surface area contributed by atoms with Crippen molar-refractivity contribution in [2.75, 3.05) is 84.4 Å². The maximum Gasteiger partial charge on any atom is 0.305 e. The number of carbonyl (C=O) groups excluding carboxylic acids is 2. The highest BCUT2D eigenvalue weighted by molar-refractivity contribution is 5.89. The van der Waals surface area contributed by atoms with Crippen molar-refractivity contribution < 1.29 is 43.2 Å². The number of carbonyl (C=O) groups is 3. The Morgan fingerprint density at radius 1 is 0.807 bits per heavy atom. The smallest absolute Gasteiger partial charge is 0.305 e. The number of benzene rings is 3. The second kappa shape index (κ2) is 25.4. The lowest BCUT2D eigenvalue weighted by Gasteiger charge is -2.19. The average Bonchev–Trinajstić information content (AvgIpc) is 3.21. The normalized spacial score (nSPS) is 11.4. The number of carboxylic acids is 1. The number of anilines is 1. The highest BCUT2D eigenvalue weighted by Crippen LogP contribution is 2.29. The summed E-state index contributed by atoms with van der Waals surface area (Å²) in [5, 5.41) is 23.6. The Balaban J connectivity index is 1.17. The number of nitrogens with zero attached hydrogens (tertiary/aromatic N) is 4. The molecule has 0 unspecified atom stereocenters. The fourth-order valence-electron chi connectivity index (χ4n) is 5.60. The van der Waals surface area contributed by atoms with Crippen LogP contribution in [0.4, 0.5) is 5.82 Å². The number of hydrogen-bond acceptors (Lipinski definition) is 11. The summed E-state index contributed by atoms with van der Waals surface area (Å²) in [5.41, 5.74) is 11.7. The first-order chi connectivity index (χ1) is 27.8. The van der Waals surface area contributed by atoms with E-state index in [2.05, 4.69) is 31.0 Å². The molecule has 0 aliphatic rings. The molecule has 1 atom stereocenters. The van der Waals surface area contributed by atoms with Crippen LogP contribution in [0.5, 0.6) is 5.75 Å². The number of ether oxygens (including phenoxy) is 5. The largest absolute Gasteiger partial charge is 0.491 e. The van der Waals surface area contributed by atoms with Crippen LogP contribution < -0.4 is 20.7 Å². The molecular formula is C41H51N7O9. The van der Waals surface area contributed by atoms with Crippen molar-refractivity contribution in [3.63, 3.8) is 0 Å². The Hall–Kier alpha value is -5.77. The van der Waals surface area contributed by atoms with Gasteiger partial charge in [-0.05, 0) is 88.3 Å². The summed E-state index contributed by atoms with van der Waals surface area (Å²) in [4.78, 5) is 43.8. The Morgan fingerprint density at radius 3 is 2.21 bits per heavy atom. The van der Waals surface area contributed by atoms with Gasteiger partial charge in [-0.25, -0.2) is 4.98 Å². The molecule has 4 N–H and O–H groups in total. The van der Waals surface area contributed by atoms with E-state index in [0.717, 1.165) is 33.3 Å². The summed E-state index contributed by atoms with van der Waals surface area (Å²) in [7, 11) is 0. The van der Waals surface area contributed by atoms with E-state index in [1.165, 1.54) is 0 Å². The summed E-state index contributed by atoms with van der Waals surface area (Å²) < 4.78 is 27.6. The molecule has 0 aliphatic heterocycles. The molecule has 0 saturated heterocycles. The molecule has 1 heterocycles. The molecule has 0 aliphatic carbocycles. The lowest BCUT2D eigenvalue weighted by atomic mass is 9.96. The van der Waals surface area contributed by atoms with Crippen molar-refractivity contribution in [3.8, 4) is 16.9 Å². The van der Waals surface area contributed by atoms with Crippen molar-refractivity contribution in [1.29, 1.82) is 0 Å². The first-order valence-corrected chi connectivity index (χ1v) is 18.8. The molecule has 16 nitrogen and oxygen atoms in total. The SMILES string of the molecule is Cc1ccnc(NCCCC(=O)NCC(=O)N[C@@H](CC(=O)O)c2cccc(-c3ccc4cc(OCCOCCOCCOCCOCCN=[N+]=[N-])ccc4c3)c2)c1. The maximum absolute atomic E-state index is 12.8. The number of pyridine rings is 1. The fourth-order valence-corrected chi connectivity index (χ4v) is 5.60. The number of aromatic nitrogens is 1. The Kier molecular flexibility index (Phi) is 19.6. The lowest BCUT2D eigenvalue weighted by molar-refractivity contribution is -0.138. The molecule has 4 rings (SSSR count). The van der Waals surface area contributed by atoms with Crippen LogP contribution in [0.15, 0.2) is 84.1 Å². The minimum atomic E-state index is -1.06. The number of amides is 2. The zero-order chi connectivity index (χ0) is 40.5. The molecule has 0 radical (unpaired) electrons. The van der Waals surface area contributed by atoms with Crippen molar-refractivity contribution in [2.24, 2.45) is 5.11 Å². The van der Waals surface area contributed by atoms with Crippen LogP contribution >= 0.6 is 0 Å². The molecule has 1 aromatic heterocycles. The first kappa shape index (κ1) is 44.0. The van der Waals surface area contributed by atoms with Gasteiger partial charge < -0.3 is 44.7 Å². The van der Waals surface area contributed by atoms with Crippen LogP contribution in [0.3, 0.4) is 0 Å². The van der Waals surface area contributed by atoms with Gasteiger partial charge >= 0.3 is 5.97 Å². The van der Waals surface area contributed by atoms with Crippen molar-refractivity contribution in [3.05, 3.63) is 101 Å². The first-order valence-electron chi connectivity index (χ1n) is 18.8. The minimum absolute atomic E-state index is 0.222. The third kappa shape index (κ3) is 17.3. The van der Waals surface area contributed by atoms with Crippen LogP contribution in [0.1, 0.15) is 36.4 Å². The average molecular weight is 786 g/mol. The molecule has 304 valence electrons. The van der Waals surface area contributed by atoms with Crippen molar-refractivity contribution >= 4 is 34.4 Å². The van der Waals surface area contributed by atoms with Gasteiger partial charge in [-0.1, -0.05) is 41.5 Å². The zero-order valence-corrected chi connectivity index (χ0v) is 32.2. The summed E-state index contributed by atoms with van der Waals surface area (Å²) in [6.45, 7) is 6.36. The topological polar surface area (TPSA) is 215 Å². The second-order valence-corrected chi connectivity index (χ2v) is 12.8. The lowest BCUT2D eigenvalue weighted by Crippen LogP contribution is -2.39. The number of rotatable bonds is 28. The van der Waals surface area contributed by atoms with E-state index in [1.54, 1.807) is 12.3 Å². The predicted molar refractivity (Wildman–Crippen MR) is 215 cm³/mol. The Labute approximate surface area is 331 Å². The number of aliphatic carboxylic acids is 1. The molecule has 0 bridgehead atoms. The van der Waals surface area contributed by atoms with E-state index in [9.17, 15) is 19.5 Å². The summed E-state index contributed by atoms with van der Waals surface area (Å²) >= 11 is 0. The van der Waals surface area contributed by atoms with Gasteiger partial charge in [0.05, 0.1) is 71.9 Å². The van der Waals surface area contributed by atoms with Gasteiger partial charge in [0.15, 0.2) is 0 Å². The molecule has 3 aromatic carbocycles. The van der Waals surface area contributed by atoms with Gasteiger partial charge in [-0.2, -0.15) is 0 Å². The maximum atomic E-state index is 12.8. The van der Waals surface area contributed by atoms with E-state index in [-0.39, 0.29) is 25.3 Å². The summed E-state index contributed by atoms with van der Waals surface area (Å²) in [6, 6.07) is 22.3. The van der Waals surface area contributed by atoms with E-state index < -0.39 is 17.9 Å². The van der Waals surface area contributed by atoms with E-state index >= 15 is 0 Å². The zero-order valence-electron chi connectivity index (χ0n) is 32.2. The highest BCUT2D eigenvalue weighted by atomic mass is 16.6. The Bertz CT molecular complexity index is 1920. The second-order valence-electron chi connectivity index (χ2n) is 12.8. The molecule has 16 heteroatoms. The number of nitrogens with one attached hydrogen (secondary N) is 3. The molecule has 2 amide bonds. The monoisotopic (exact) mass is 785 g/mol. The van der Waals surface area contributed by atoms with E-state index in [0.29, 0.717) is 90.3 Å². The van der Waals surface area contributed by atoms with E-state index in [1.807, 2.05) is 73.7 Å².